The number of aromatic nitrogens is 1. The van der Waals surface area contributed by atoms with Gasteiger partial charge in [-0.3, -0.25) is 14.6 Å². The molecule has 3 atom stereocenters. The summed E-state index contributed by atoms with van der Waals surface area (Å²) >= 11 is 0. The molecular weight excluding hydrogens is 511 g/mol. The highest BCUT2D eigenvalue weighted by molar-refractivity contribution is 6.05. The molecular formula is C27H25F3N7O2+. The molecule has 0 radical (unpaired) electrons. The van der Waals surface area contributed by atoms with Gasteiger partial charge in [-0.25, -0.2) is 4.98 Å². The van der Waals surface area contributed by atoms with Crippen LogP contribution in [0.3, 0.4) is 0 Å². The first-order valence-corrected chi connectivity index (χ1v) is 12.6. The minimum absolute atomic E-state index is 0.0276. The molecule has 6 rings (SSSR count). The minimum Gasteiger partial charge on any atom is -0.339 e. The van der Waals surface area contributed by atoms with Gasteiger partial charge in [0.2, 0.25) is 11.6 Å². The average Bonchev–Trinajstić information content (AvgIpc) is 3.45. The van der Waals surface area contributed by atoms with E-state index in [0.717, 1.165) is 49.0 Å². The van der Waals surface area contributed by atoms with E-state index in [1.807, 2.05) is 4.90 Å². The van der Waals surface area contributed by atoms with Crippen molar-refractivity contribution in [1.29, 1.82) is 0 Å². The van der Waals surface area contributed by atoms with Crippen LogP contribution in [0.5, 0.6) is 0 Å². The van der Waals surface area contributed by atoms with E-state index in [0.29, 0.717) is 30.4 Å². The van der Waals surface area contributed by atoms with Gasteiger partial charge in [0.25, 0.3) is 11.7 Å². The highest BCUT2D eigenvalue weighted by Crippen LogP contribution is 2.40. The second-order valence-corrected chi connectivity index (χ2v) is 10.0. The lowest BCUT2D eigenvalue weighted by Gasteiger charge is -2.35. The maximum atomic E-state index is 13.0. The summed E-state index contributed by atoms with van der Waals surface area (Å²) in [5.74, 6) is 6.78. The summed E-state index contributed by atoms with van der Waals surface area (Å²) in [4.78, 5) is 40.1. The van der Waals surface area contributed by atoms with Crippen LogP contribution in [-0.4, -0.2) is 50.9 Å². The van der Waals surface area contributed by atoms with Gasteiger partial charge in [-0.15, -0.1) is 4.59 Å². The molecule has 39 heavy (non-hydrogen) atoms. The van der Waals surface area contributed by atoms with Crippen LogP contribution in [-0.2, 0) is 11.0 Å². The fourth-order valence-corrected chi connectivity index (χ4v) is 5.63. The third-order valence-corrected chi connectivity index (χ3v) is 7.66. The summed E-state index contributed by atoms with van der Waals surface area (Å²) in [6.07, 6.45) is 4.78. The zero-order chi connectivity index (χ0) is 27.4. The Bertz CT molecular complexity index is 1480. The number of carbonyl (C=O) groups is 2. The first-order chi connectivity index (χ1) is 18.6. The van der Waals surface area contributed by atoms with Gasteiger partial charge in [0.1, 0.15) is 17.7 Å². The van der Waals surface area contributed by atoms with Crippen molar-refractivity contribution in [1.82, 2.24) is 9.88 Å². The summed E-state index contributed by atoms with van der Waals surface area (Å²) in [7, 11) is 0. The van der Waals surface area contributed by atoms with Crippen molar-refractivity contribution in [3.05, 3.63) is 83.1 Å². The van der Waals surface area contributed by atoms with Crippen molar-refractivity contribution in [2.45, 2.75) is 37.9 Å². The molecule has 3 N–H and O–H groups in total. The SMILES string of the molecule is N[N+]12C=CN=CC1=C([C@H]1CC[C@H]3CCC(=O)N3C1)N=C2c1ccc(C(=O)Nc2cc(C(F)(F)F)ccn2)cc1. The molecule has 4 aliphatic heterocycles. The number of benzene rings is 1. The van der Waals surface area contributed by atoms with Crippen LogP contribution >= 0.6 is 0 Å². The van der Waals surface area contributed by atoms with Crippen molar-refractivity contribution >= 4 is 29.7 Å². The number of piperidine rings is 1. The normalized spacial score (nSPS) is 26.0. The van der Waals surface area contributed by atoms with Gasteiger partial charge in [0.15, 0.2) is 0 Å². The summed E-state index contributed by atoms with van der Waals surface area (Å²) in [5, 5.41) is 2.41. The number of quaternary nitrogens is 1. The Morgan fingerprint density at radius 3 is 2.69 bits per heavy atom. The molecule has 200 valence electrons. The fourth-order valence-electron chi connectivity index (χ4n) is 5.63. The number of pyridine rings is 1. The molecule has 12 heteroatoms. The maximum Gasteiger partial charge on any atom is 0.416 e. The zero-order valence-electron chi connectivity index (χ0n) is 20.7. The number of aliphatic imine (C=N–C) groups is 2. The Kier molecular flexibility index (Phi) is 5.96. The Hall–Kier alpha value is -4.16. The summed E-state index contributed by atoms with van der Waals surface area (Å²) in [6.45, 7) is 0.597. The van der Waals surface area contributed by atoms with E-state index in [2.05, 4.69) is 15.3 Å². The Morgan fingerprint density at radius 2 is 1.92 bits per heavy atom. The summed E-state index contributed by atoms with van der Waals surface area (Å²) < 4.78 is 38.8. The number of anilines is 1. The number of nitrogens with two attached hydrogens (primary N) is 1. The van der Waals surface area contributed by atoms with Crippen LogP contribution in [0.4, 0.5) is 19.0 Å². The van der Waals surface area contributed by atoms with Crippen molar-refractivity contribution in [2.24, 2.45) is 21.7 Å². The Morgan fingerprint density at radius 1 is 1.13 bits per heavy atom. The number of amidine groups is 1. The number of amides is 2. The smallest absolute Gasteiger partial charge is 0.339 e. The molecule has 2 amide bonds. The summed E-state index contributed by atoms with van der Waals surface area (Å²) in [6, 6.07) is 8.42. The monoisotopic (exact) mass is 536 g/mol. The average molecular weight is 537 g/mol. The van der Waals surface area contributed by atoms with Gasteiger partial charge in [0.05, 0.1) is 23.5 Å². The number of hydrogen-bond acceptors (Lipinski definition) is 6. The molecule has 2 saturated heterocycles. The third-order valence-electron chi connectivity index (χ3n) is 7.66. The summed E-state index contributed by atoms with van der Waals surface area (Å²) in [5.41, 5.74) is 1.54. The molecule has 5 heterocycles. The predicted molar refractivity (Wildman–Crippen MR) is 137 cm³/mol. The van der Waals surface area contributed by atoms with E-state index in [1.165, 1.54) is 0 Å². The van der Waals surface area contributed by atoms with E-state index < -0.39 is 17.6 Å². The lowest BCUT2D eigenvalue weighted by Crippen LogP contribution is -2.53. The molecule has 2 fully saturated rings. The third kappa shape index (κ3) is 4.45. The van der Waals surface area contributed by atoms with Gasteiger partial charge >= 0.3 is 6.18 Å². The van der Waals surface area contributed by atoms with E-state index >= 15 is 0 Å². The van der Waals surface area contributed by atoms with Gasteiger partial charge in [0, 0.05) is 36.7 Å². The van der Waals surface area contributed by atoms with Crippen LogP contribution in [0.2, 0.25) is 0 Å². The highest BCUT2D eigenvalue weighted by Gasteiger charge is 2.48. The predicted octanol–water partition coefficient (Wildman–Crippen LogP) is 3.97. The first kappa shape index (κ1) is 25.1. The number of nitrogens with zero attached hydrogens (tertiary/aromatic N) is 5. The molecule has 0 bridgehead atoms. The number of rotatable bonds is 4. The standard InChI is InChI=1S/C27H24F3N7O2/c28-27(29,30)19-9-10-33-22(13-19)34-26(39)17-3-1-16(2-4-17)25-35-24(21-14-32-11-12-37(21,25)31)18-5-6-20-7-8-23(38)36(20)15-18/h1-4,9-14,18,20H,5-8,15,31H2/p+1/t18-,20-,37?/m0/s1. The number of hydrogen-bond donors (Lipinski definition) is 2. The number of alkyl halides is 3. The van der Waals surface area contributed by atoms with Crippen LogP contribution in [0.15, 0.2) is 76.4 Å². The lowest BCUT2D eigenvalue weighted by molar-refractivity contribution is -0.750. The number of carbonyl (C=O) groups excluding carboxylic acids is 2. The quantitative estimate of drug-likeness (QED) is 0.455. The second kappa shape index (κ2) is 9.24. The van der Waals surface area contributed by atoms with E-state index in [-0.39, 0.29) is 27.8 Å². The largest absolute Gasteiger partial charge is 0.416 e. The Labute approximate surface area is 221 Å². The molecule has 1 unspecified atom stereocenters. The van der Waals surface area contributed by atoms with Crippen LogP contribution in [0, 0.1) is 5.92 Å². The topological polar surface area (TPSA) is 113 Å². The van der Waals surface area contributed by atoms with E-state index in [1.54, 1.807) is 42.9 Å². The van der Waals surface area contributed by atoms with Crippen molar-refractivity contribution in [2.75, 3.05) is 11.9 Å². The second-order valence-electron chi connectivity index (χ2n) is 10.0. The van der Waals surface area contributed by atoms with Gasteiger partial charge in [-0.05, 0) is 55.7 Å². The molecule has 1 aromatic heterocycles. The highest BCUT2D eigenvalue weighted by atomic mass is 19.4. The molecule has 4 aliphatic rings. The van der Waals surface area contributed by atoms with Crippen molar-refractivity contribution in [3.8, 4) is 0 Å². The van der Waals surface area contributed by atoms with Gasteiger partial charge < -0.3 is 10.2 Å². The van der Waals surface area contributed by atoms with Crippen LogP contribution in [0.25, 0.3) is 0 Å². The van der Waals surface area contributed by atoms with E-state index in [9.17, 15) is 22.8 Å². The van der Waals surface area contributed by atoms with Gasteiger partial charge in [-0.2, -0.15) is 24.0 Å². The number of halogens is 3. The van der Waals surface area contributed by atoms with Gasteiger partial charge in [-0.1, -0.05) is 0 Å². The fraction of sp³-hybridized carbons (Fsp3) is 0.296. The molecule has 9 nitrogen and oxygen atoms in total. The first-order valence-electron chi connectivity index (χ1n) is 12.6. The van der Waals surface area contributed by atoms with Crippen LogP contribution in [0.1, 0.15) is 47.2 Å². The molecule has 1 aromatic carbocycles. The number of nitrogens with one attached hydrogen (secondary N) is 1. The van der Waals surface area contributed by atoms with Crippen molar-refractivity contribution in [3.63, 3.8) is 0 Å². The van der Waals surface area contributed by atoms with E-state index in [4.69, 9.17) is 10.8 Å². The molecule has 2 aromatic rings. The van der Waals surface area contributed by atoms with Crippen molar-refractivity contribution < 1.29 is 27.4 Å². The minimum atomic E-state index is -4.55. The molecule has 0 aliphatic carbocycles. The number of fused-ring (bicyclic) bond motifs is 2. The number of allylic oxidation sites excluding steroid dienone is 1. The molecule has 0 saturated carbocycles. The van der Waals surface area contributed by atoms with Crippen LogP contribution < -0.4 is 11.2 Å². The molecule has 0 spiro atoms. The maximum absolute atomic E-state index is 13.0. The zero-order valence-corrected chi connectivity index (χ0v) is 20.7. The Balaban J connectivity index is 1.24. The lowest BCUT2D eigenvalue weighted by atomic mass is 9.90.